The van der Waals surface area contributed by atoms with Gasteiger partial charge in [0.15, 0.2) is 0 Å². The third kappa shape index (κ3) is 44.7. The van der Waals surface area contributed by atoms with E-state index in [4.69, 9.17) is 4.74 Å². The summed E-state index contributed by atoms with van der Waals surface area (Å²) in [4.78, 5) is 26.2. The molecule has 0 aromatic carbocycles. The fourth-order valence-electron chi connectivity index (χ4n) is 8.42. The van der Waals surface area contributed by atoms with Crippen LogP contribution in [0.3, 0.4) is 0 Å². The van der Waals surface area contributed by atoms with Gasteiger partial charge in [-0.1, -0.05) is 251 Å². The maximum absolute atomic E-state index is 13.2. The summed E-state index contributed by atoms with van der Waals surface area (Å²) in [6.07, 6.45) is 56.7. The molecule has 0 saturated heterocycles. The third-order valence-corrected chi connectivity index (χ3v) is 12.6. The minimum atomic E-state index is -0.787. The summed E-state index contributed by atoms with van der Waals surface area (Å²) < 4.78 is 5.94. The zero-order valence-electron chi connectivity index (χ0n) is 41.1. The number of esters is 1. The van der Waals surface area contributed by atoms with Crippen LogP contribution in [0.25, 0.3) is 0 Å². The van der Waals surface area contributed by atoms with Gasteiger partial charge in [-0.15, -0.1) is 0 Å². The van der Waals surface area contributed by atoms with E-state index in [2.05, 4.69) is 50.4 Å². The van der Waals surface area contributed by atoms with E-state index in [-0.39, 0.29) is 24.9 Å². The molecular weight excluding hydrogens is 755 g/mol. The van der Waals surface area contributed by atoms with E-state index in [1.807, 2.05) is 0 Å². The summed E-state index contributed by atoms with van der Waals surface area (Å²) in [5.41, 5.74) is 0. The Morgan fingerprint density at radius 1 is 0.475 bits per heavy atom. The van der Waals surface area contributed by atoms with Crippen molar-refractivity contribution in [1.29, 1.82) is 0 Å². The standard InChI is InChI=1S/C55H105NO5/c1-4-7-10-13-16-19-22-24-26-28-30-33-36-39-42-45-48-55(60)61-51(46-43-40-37-34-32-29-27-25-23-20-17-14-11-8-5-2)49-54(59)56-52(50-57)53(58)47-44-41-38-35-31-21-18-15-12-9-6-3/h26,28,30,33,51-53,57-58H,4-25,27,29,31-32,34-50H2,1-3H3,(H,56,59)/b28-26+,33-30+. The number of hydrogen-bond donors (Lipinski definition) is 3. The van der Waals surface area contributed by atoms with Crippen molar-refractivity contribution in [2.24, 2.45) is 0 Å². The van der Waals surface area contributed by atoms with Gasteiger partial charge in [0.05, 0.1) is 25.2 Å². The zero-order chi connectivity index (χ0) is 44.5. The molecule has 3 atom stereocenters. The molecule has 0 saturated carbocycles. The number of allylic oxidation sites excluding steroid dienone is 4. The minimum Gasteiger partial charge on any atom is -0.462 e. The number of nitrogens with one attached hydrogen (secondary N) is 1. The largest absolute Gasteiger partial charge is 0.462 e. The molecule has 0 heterocycles. The molecule has 1 amide bonds. The topological polar surface area (TPSA) is 95.9 Å². The van der Waals surface area contributed by atoms with Crippen LogP contribution in [0.1, 0.15) is 290 Å². The number of carbonyl (C=O) groups is 2. The molecule has 6 nitrogen and oxygen atoms in total. The van der Waals surface area contributed by atoms with Crippen LogP contribution >= 0.6 is 0 Å². The molecule has 0 aromatic heterocycles. The molecule has 0 aromatic rings. The van der Waals surface area contributed by atoms with Gasteiger partial charge in [-0.25, -0.2) is 0 Å². The summed E-state index contributed by atoms with van der Waals surface area (Å²) in [5.74, 6) is -0.489. The van der Waals surface area contributed by atoms with Gasteiger partial charge in [-0.3, -0.25) is 9.59 Å². The van der Waals surface area contributed by atoms with Crippen LogP contribution in [-0.2, 0) is 14.3 Å². The first kappa shape index (κ1) is 59.3. The van der Waals surface area contributed by atoms with Crippen LogP contribution in [0.4, 0.5) is 0 Å². The van der Waals surface area contributed by atoms with Gasteiger partial charge in [-0.2, -0.15) is 0 Å². The molecule has 0 radical (unpaired) electrons. The first-order chi connectivity index (χ1) is 30.0. The first-order valence-electron chi connectivity index (χ1n) is 27.1. The van der Waals surface area contributed by atoms with Crippen molar-refractivity contribution in [1.82, 2.24) is 5.32 Å². The molecule has 3 N–H and O–H groups in total. The smallest absolute Gasteiger partial charge is 0.306 e. The molecule has 0 aliphatic carbocycles. The summed E-state index contributed by atoms with van der Waals surface area (Å²) in [5, 5.41) is 23.8. The maximum atomic E-state index is 13.2. The van der Waals surface area contributed by atoms with Gasteiger partial charge < -0.3 is 20.3 Å². The van der Waals surface area contributed by atoms with Crippen molar-refractivity contribution in [2.45, 2.75) is 309 Å². The van der Waals surface area contributed by atoms with Gasteiger partial charge in [-0.05, 0) is 51.4 Å². The second kappa shape index (κ2) is 49.4. The average Bonchev–Trinajstić information content (AvgIpc) is 3.25. The number of hydrogen-bond acceptors (Lipinski definition) is 5. The molecule has 3 unspecified atom stereocenters. The lowest BCUT2D eigenvalue weighted by Gasteiger charge is -2.24. The van der Waals surface area contributed by atoms with E-state index in [1.54, 1.807) is 0 Å². The van der Waals surface area contributed by atoms with Gasteiger partial charge >= 0.3 is 5.97 Å². The quantitative estimate of drug-likeness (QED) is 0.0322. The molecule has 6 heteroatoms. The highest BCUT2D eigenvalue weighted by atomic mass is 16.5. The van der Waals surface area contributed by atoms with Crippen molar-refractivity contribution in [3.63, 3.8) is 0 Å². The highest BCUT2D eigenvalue weighted by Crippen LogP contribution is 2.18. The van der Waals surface area contributed by atoms with Crippen LogP contribution in [-0.4, -0.2) is 46.9 Å². The Balaban J connectivity index is 4.58. The summed E-state index contributed by atoms with van der Waals surface area (Å²) in [6, 6.07) is -0.701. The number of carbonyl (C=O) groups excluding carboxylic acids is 2. The molecule has 0 aliphatic rings. The van der Waals surface area contributed by atoms with E-state index in [9.17, 15) is 19.8 Å². The molecule has 0 spiro atoms. The predicted molar refractivity (Wildman–Crippen MR) is 264 cm³/mol. The Kier molecular flexibility index (Phi) is 48.0. The SMILES string of the molecule is CCCCCCCCC/C=C/C=C/CCCCCC(=O)OC(CCCCCCCCCCCCCCCCC)CC(=O)NC(CO)C(O)CCCCCCCCCCCCC. The molecule has 0 aliphatic heterocycles. The van der Waals surface area contributed by atoms with Gasteiger partial charge in [0, 0.05) is 6.42 Å². The predicted octanol–water partition coefficient (Wildman–Crippen LogP) is 16.3. The molecule has 0 rings (SSSR count). The Morgan fingerprint density at radius 3 is 1.21 bits per heavy atom. The molecule has 61 heavy (non-hydrogen) atoms. The fraction of sp³-hybridized carbons (Fsp3) is 0.891. The number of amides is 1. The van der Waals surface area contributed by atoms with E-state index in [1.165, 1.54) is 180 Å². The average molecular weight is 860 g/mol. The van der Waals surface area contributed by atoms with Gasteiger partial charge in [0.1, 0.15) is 6.10 Å². The number of aliphatic hydroxyl groups excluding tert-OH is 2. The summed E-state index contributed by atoms with van der Waals surface area (Å²) in [7, 11) is 0. The lowest BCUT2D eigenvalue weighted by atomic mass is 10.0. The zero-order valence-corrected chi connectivity index (χ0v) is 41.1. The highest BCUT2D eigenvalue weighted by molar-refractivity contribution is 5.77. The summed E-state index contributed by atoms with van der Waals surface area (Å²) in [6.45, 7) is 6.49. The van der Waals surface area contributed by atoms with Crippen LogP contribution < -0.4 is 5.32 Å². The number of aliphatic hydroxyl groups is 2. The van der Waals surface area contributed by atoms with Crippen molar-refractivity contribution >= 4 is 11.9 Å². The van der Waals surface area contributed by atoms with Crippen molar-refractivity contribution in [3.8, 4) is 0 Å². The Labute approximate surface area is 380 Å². The first-order valence-corrected chi connectivity index (χ1v) is 27.1. The second-order valence-corrected chi connectivity index (χ2v) is 18.7. The van der Waals surface area contributed by atoms with E-state index in [0.717, 1.165) is 64.2 Å². The van der Waals surface area contributed by atoms with Crippen molar-refractivity contribution in [3.05, 3.63) is 24.3 Å². The Hall–Kier alpha value is -1.66. The lowest BCUT2D eigenvalue weighted by molar-refractivity contribution is -0.151. The Morgan fingerprint density at radius 2 is 0.820 bits per heavy atom. The molecular formula is C55H105NO5. The number of ether oxygens (including phenoxy) is 1. The monoisotopic (exact) mass is 860 g/mol. The van der Waals surface area contributed by atoms with E-state index in [0.29, 0.717) is 19.3 Å². The molecule has 0 bridgehead atoms. The molecule has 0 fully saturated rings. The van der Waals surface area contributed by atoms with Crippen LogP contribution in [0.5, 0.6) is 0 Å². The van der Waals surface area contributed by atoms with Gasteiger partial charge in [0.25, 0.3) is 0 Å². The lowest BCUT2D eigenvalue weighted by Crippen LogP contribution is -2.46. The molecule has 360 valence electrons. The van der Waals surface area contributed by atoms with E-state index < -0.39 is 18.2 Å². The normalized spacial score (nSPS) is 13.3. The number of rotatable bonds is 49. The third-order valence-electron chi connectivity index (χ3n) is 12.6. The summed E-state index contributed by atoms with van der Waals surface area (Å²) >= 11 is 0. The van der Waals surface area contributed by atoms with Crippen LogP contribution in [0.2, 0.25) is 0 Å². The van der Waals surface area contributed by atoms with Gasteiger partial charge in [0.2, 0.25) is 5.91 Å². The van der Waals surface area contributed by atoms with Crippen molar-refractivity contribution in [2.75, 3.05) is 6.61 Å². The fourth-order valence-corrected chi connectivity index (χ4v) is 8.42. The maximum Gasteiger partial charge on any atom is 0.306 e. The Bertz CT molecular complexity index is 966. The highest BCUT2D eigenvalue weighted by Gasteiger charge is 2.24. The minimum absolute atomic E-state index is 0.0727. The number of unbranched alkanes of at least 4 members (excludes halogenated alkanes) is 34. The second-order valence-electron chi connectivity index (χ2n) is 18.7. The van der Waals surface area contributed by atoms with E-state index >= 15 is 0 Å². The van der Waals surface area contributed by atoms with Crippen LogP contribution in [0, 0.1) is 0 Å². The van der Waals surface area contributed by atoms with Crippen molar-refractivity contribution < 1.29 is 24.5 Å². The van der Waals surface area contributed by atoms with Crippen LogP contribution in [0.15, 0.2) is 24.3 Å².